The van der Waals surface area contributed by atoms with E-state index in [0.717, 1.165) is 13.0 Å². The summed E-state index contributed by atoms with van der Waals surface area (Å²) in [7, 11) is 0. The zero-order chi connectivity index (χ0) is 6.91. The first-order chi connectivity index (χ1) is 4.10. The Labute approximate surface area is 69.6 Å². The minimum atomic E-state index is -0.0191. The summed E-state index contributed by atoms with van der Waals surface area (Å²) in [5, 5.41) is 0. The lowest BCUT2D eigenvalue weighted by molar-refractivity contribution is 0.0137. The molecule has 0 aromatic carbocycles. The average Bonchev–Trinajstić information content (AvgIpc) is 1.60. The molecule has 0 spiro atoms. The smallest absolute Gasteiger partial charge is 0.0816 e. The second-order valence-electron chi connectivity index (χ2n) is 2.79. The van der Waals surface area contributed by atoms with Gasteiger partial charge in [0.2, 0.25) is 0 Å². The van der Waals surface area contributed by atoms with E-state index in [0.29, 0.717) is 0 Å². The molecule has 0 aromatic heterocycles. The SMILES string of the molecule is CC1(C)C=C(I)CCO1. The molecule has 9 heavy (non-hydrogen) atoms. The van der Waals surface area contributed by atoms with E-state index >= 15 is 0 Å². The molecule has 1 nitrogen and oxygen atoms in total. The molecular formula is C7H11IO. The molecule has 0 amide bonds. The normalized spacial score (nSPS) is 25.4. The summed E-state index contributed by atoms with van der Waals surface area (Å²) in [6.45, 7) is 5.05. The summed E-state index contributed by atoms with van der Waals surface area (Å²) >= 11 is 2.36. The topological polar surface area (TPSA) is 9.23 Å². The fourth-order valence-electron chi connectivity index (χ4n) is 0.903. The monoisotopic (exact) mass is 238 g/mol. The van der Waals surface area contributed by atoms with E-state index in [4.69, 9.17) is 4.74 Å². The summed E-state index contributed by atoms with van der Waals surface area (Å²) in [4.78, 5) is 0. The Morgan fingerprint density at radius 2 is 2.33 bits per heavy atom. The molecule has 0 unspecified atom stereocenters. The maximum Gasteiger partial charge on any atom is 0.0816 e. The van der Waals surface area contributed by atoms with Gasteiger partial charge in [0.1, 0.15) is 0 Å². The third-order valence-electron chi connectivity index (χ3n) is 1.32. The van der Waals surface area contributed by atoms with E-state index in [1.807, 2.05) is 0 Å². The highest BCUT2D eigenvalue weighted by Crippen LogP contribution is 2.25. The van der Waals surface area contributed by atoms with Crippen molar-refractivity contribution in [2.75, 3.05) is 6.61 Å². The molecule has 0 N–H and O–H groups in total. The van der Waals surface area contributed by atoms with Crippen molar-refractivity contribution >= 4 is 22.6 Å². The second kappa shape index (κ2) is 2.58. The van der Waals surface area contributed by atoms with Crippen LogP contribution in [0.3, 0.4) is 0 Å². The van der Waals surface area contributed by atoms with Gasteiger partial charge in [-0.1, -0.05) is 0 Å². The first-order valence-corrected chi connectivity index (χ1v) is 4.19. The standard InChI is InChI=1S/C7H11IO/c1-7(2)5-6(8)3-4-9-7/h5H,3-4H2,1-2H3. The van der Waals surface area contributed by atoms with Gasteiger partial charge in [0.25, 0.3) is 0 Å². The van der Waals surface area contributed by atoms with Crippen LogP contribution in [0.2, 0.25) is 0 Å². The van der Waals surface area contributed by atoms with Crippen LogP contribution >= 0.6 is 22.6 Å². The lowest BCUT2D eigenvalue weighted by atomic mass is 10.1. The Morgan fingerprint density at radius 3 is 2.67 bits per heavy atom. The van der Waals surface area contributed by atoms with E-state index < -0.39 is 0 Å². The predicted molar refractivity (Wildman–Crippen MR) is 46.8 cm³/mol. The Balaban J connectivity index is 2.68. The van der Waals surface area contributed by atoms with Crippen molar-refractivity contribution in [2.24, 2.45) is 0 Å². The molecule has 1 aliphatic heterocycles. The number of ether oxygens (including phenoxy) is 1. The largest absolute Gasteiger partial charge is 0.371 e. The maximum atomic E-state index is 5.45. The van der Waals surface area contributed by atoms with Crippen molar-refractivity contribution in [3.63, 3.8) is 0 Å². The minimum Gasteiger partial charge on any atom is -0.371 e. The Bertz CT molecular complexity index is 138. The molecule has 2 heteroatoms. The van der Waals surface area contributed by atoms with Crippen LogP contribution in [-0.2, 0) is 4.74 Å². The van der Waals surface area contributed by atoms with Gasteiger partial charge in [-0.05, 0) is 46.1 Å². The van der Waals surface area contributed by atoms with Gasteiger partial charge in [-0.15, -0.1) is 0 Å². The molecule has 0 saturated heterocycles. The van der Waals surface area contributed by atoms with Gasteiger partial charge in [-0.3, -0.25) is 0 Å². The van der Waals surface area contributed by atoms with Crippen molar-refractivity contribution in [2.45, 2.75) is 25.9 Å². The van der Waals surface area contributed by atoms with Crippen molar-refractivity contribution in [3.05, 3.63) is 9.66 Å². The lowest BCUT2D eigenvalue weighted by Gasteiger charge is -2.26. The van der Waals surface area contributed by atoms with Crippen molar-refractivity contribution < 1.29 is 4.74 Å². The summed E-state index contributed by atoms with van der Waals surface area (Å²) in [6, 6.07) is 0. The van der Waals surface area contributed by atoms with Gasteiger partial charge in [-0.2, -0.15) is 0 Å². The van der Waals surface area contributed by atoms with Crippen LogP contribution < -0.4 is 0 Å². The predicted octanol–water partition coefficient (Wildman–Crippen LogP) is 2.50. The highest BCUT2D eigenvalue weighted by molar-refractivity contribution is 14.1. The molecule has 0 aromatic rings. The van der Waals surface area contributed by atoms with E-state index in [-0.39, 0.29) is 5.60 Å². The fraction of sp³-hybridized carbons (Fsp3) is 0.714. The number of halogens is 1. The van der Waals surface area contributed by atoms with E-state index in [1.54, 1.807) is 0 Å². The highest BCUT2D eigenvalue weighted by atomic mass is 127. The van der Waals surface area contributed by atoms with E-state index in [1.165, 1.54) is 3.58 Å². The summed E-state index contributed by atoms with van der Waals surface area (Å²) < 4.78 is 6.87. The maximum absolute atomic E-state index is 5.45. The van der Waals surface area contributed by atoms with Crippen LogP contribution in [0.25, 0.3) is 0 Å². The molecule has 0 fully saturated rings. The van der Waals surface area contributed by atoms with Crippen LogP contribution in [0.1, 0.15) is 20.3 Å². The molecule has 1 rings (SSSR count). The number of rotatable bonds is 0. The molecule has 0 bridgehead atoms. The zero-order valence-corrected chi connectivity index (χ0v) is 7.94. The first-order valence-electron chi connectivity index (χ1n) is 3.11. The van der Waals surface area contributed by atoms with Gasteiger partial charge < -0.3 is 4.74 Å². The van der Waals surface area contributed by atoms with Crippen LogP contribution in [0.15, 0.2) is 9.66 Å². The van der Waals surface area contributed by atoms with Crippen molar-refractivity contribution in [1.82, 2.24) is 0 Å². The third-order valence-corrected chi connectivity index (χ3v) is 2.17. The Hall–Kier alpha value is 0.430. The molecule has 52 valence electrons. The minimum absolute atomic E-state index is 0.0191. The Morgan fingerprint density at radius 1 is 1.67 bits per heavy atom. The average molecular weight is 238 g/mol. The molecular weight excluding hydrogens is 227 g/mol. The first kappa shape index (κ1) is 7.54. The van der Waals surface area contributed by atoms with Crippen molar-refractivity contribution in [3.8, 4) is 0 Å². The highest BCUT2D eigenvalue weighted by Gasteiger charge is 2.19. The molecule has 1 heterocycles. The number of hydrogen-bond acceptors (Lipinski definition) is 1. The molecule has 0 aliphatic carbocycles. The van der Waals surface area contributed by atoms with Crippen LogP contribution in [0, 0.1) is 0 Å². The van der Waals surface area contributed by atoms with Gasteiger partial charge in [0.05, 0.1) is 12.2 Å². The van der Waals surface area contributed by atoms with Gasteiger partial charge in [0, 0.05) is 6.42 Å². The van der Waals surface area contributed by atoms with Gasteiger partial charge >= 0.3 is 0 Å². The summed E-state index contributed by atoms with van der Waals surface area (Å²) in [6.07, 6.45) is 3.26. The van der Waals surface area contributed by atoms with Crippen molar-refractivity contribution in [1.29, 1.82) is 0 Å². The summed E-state index contributed by atoms with van der Waals surface area (Å²) in [5.41, 5.74) is -0.0191. The quantitative estimate of drug-likeness (QED) is 0.589. The molecule has 0 saturated carbocycles. The summed E-state index contributed by atoms with van der Waals surface area (Å²) in [5.74, 6) is 0. The second-order valence-corrected chi connectivity index (χ2v) is 4.18. The Kier molecular flexibility index (Phi) is 2.16. The zero-order valence-electron chi connectivity index (χ0n) is 5.78. The molecule has 0 atom stereocenters. The molecule has 1 aliphatic rings. The van der Waals surface area contributed by atoms with Gasteiger partial charge in [-0.25, -0.2) is 0 Å². The lowest BCUT2D eigenvalue weighted by Crippen LogP contribution is -2.25. The third kappa shape index (κ3) is 2.26. The van der Waals surface area contributed by atoms with E-state index in [2.05, 4.69) is 42.5 Å². The van der Waals surface area contributed by atoms with Gasteiger partial charge in [0.15, 0.2) is 0 Å². The van der Waals surface area contributed by atoms with Crippen LogP contribution in [-0.4, -0.2) is 12.2 Å². The molecule has 0 radical (unpaired) electrons. The van der Waals surface area contributed by atoms with E-state index in [9.17, 15) is 0 Å². The van der Waals surface area contributed by atoms with Crippen LogP contribution in [0.5, 0.6) is 0 Å². The van der Waals surface area contributed by atoms with Crippen LogP contribution in [0.4, 0.5) is 0 Å². The number of hydrogen-bond donors (Lipinski definition) is 0. The fourth-order valence-corrected chi connectivity index (χ4v) is 1.87.